The predicted octanol–water partition coefficient (Wildman–Crippen LogP) is 2.82. The van der Waals surface area contributed by atoms with E-state index in [-0.39, 0.29) is 0 Å². The summed E-state index contributed by atoms with van der Waals surface area (Å²) in [6.07, 6.45) is 1.22. The standard InChI is InChI=1S/C17H28N2O/c1-13(2)9-15(19(3)4)10-18-17-12-20-11-14-7-5-6-8-16(14)17/h5-8,13,15,17-18H,9-12H2,1-4H3. The molecular formula is C17H28N2O. The molecule has 0 aromatic heterocycles. The second-order valence-electron chi connectivity index (χ2n) is 6.42. The minimum atomic E-state index is 0.328. The van der Waals surface area contributed by atoms with Crippen LogP contribution in [-0.4, -0.2) is 38.2 Å². The van der Waals surface area contributed by atoms with E-state index in [1.807, 2.05) is 0 Å². The highest BCUT2D eigenvalue weighted by Gasteiger charge is 2.21. The fourth-order valence-corrected chi connectivity index (χ4v) is 2.85. The average molecular weight is 276 g/mol. The lowest BCUT2D eigenvalue weighted by Crippen LogP contribution is -2.41. The molecule has 2 unspecified atom stereocenters. The largest absolute Gasteiger partial charge is 0.375 e. The maximum absolute atomic E-state index is 5.71. The number of hydrogen-bond acceptors (Lipinski definition) is 3. The van der Waals surface area contributed by atoms with Crippen molar-refractivity contribution in [1.82, 2.24) is 10.2 Å². The molecule has 1 aliphatic rings. The molecule has 1 N–H and O–H groups in total. The van der Waals surface area contributed by atoms with Crippen molar-refractivity contribution in [2.45, 2.75) is 39.0 Å². The van der Waals surface area contributed by atoms with Gasteiger partial charge >= 0.3 is 0 Å². The zero-order valence-corrected chi connectivity index (χ0v) is 13.2. The van der Waals surface area contributed by atoms with Gasteiger partial charge in [-0.25, -0.2) is 0 Å². The molecule has 0 spiro atoms. The van der Waals surface area contributed by atoms with Gasteiger partial charge in [0, 0.05) is 12.6 Å². The fraction of sp³-hybridized carbons (Fsp3) is 0.647. The molecule has 1 aliphatic heterocycles. The van der Waals surface area contributed by atoms with Crippen LogP contribution in [0.3, 0.4) is 0 Å². The monoisotopic (exact) mass is 276 g/mol. The summed E-state index contributed by atoms with van der Waals surface area (Å²) in [4.78, 5) is 2.32. The van der Waals surface area contributed by atoms with Gasteiger partial charge in [0.05, 0.1) is 19.3 Å². The highest BCUT2D eigenvalue weighted by molar-refractivity contribution is 5.31. The van der Waals surface area contributed by atoms with Crippen molar-refractivity contribution in [1.29, 1.82) is 0 Å². The van der Waals surface area contributed by atoms with Crippen LogP contribution < -0.4 is 5.32 Å². The molecule has 112 valence electrons. The minimum Gasteiger partial charge on any atom is -0.375 e. The molecule has 0 aliphatic carbocycles. The van der Waals surface area contributed by atoms with E-state index in [0.717, 1.165) is 25.7 Å². The van der Waals surface area contributed by atoms with E-state index in [1.54, 1.807) is 0 Å². The molecule has 2 atom stereocenters. The van der Waals surface area contributed by atoms with Crippen molar-refractivity contribution in [3.05, 3.63) is 35.4 Å². The summed E-state index contributed by atoms with van der Waals surface area (Å²) in [6.45, 7) is 7.11. The molecule has 0 amide bonds. The molecule has 0 saturated carbocycles. The molecule has 1 heterocycles. The molecule has 1 aromatic carbocycles. The summed E-state index contributed by atoms with van der Waals surface area (Å²) in [5.74, 6) is 0.721. The van der Waals surface area contributed by atoms with Crippen LogP contribution in [0.25, 0.3) is 0 Å². The Morgan fingerprint density at radius 2 is 2.05 bits per heavy atom. The molecule has 0 radical (unpaired) electrons. The maximum atomic E-state index is 5.71. The van der Waals surface area contributed by atoms with Gasteiger partial charge in [0.15, 0.2) is 0 Å². The number of benzene rings is 1. The van der Waals surface area contributed by atoms with Crippen LogP contribution in [0.2, 0.25) is 0 Å². The molecule has 0 fully saturated rings. The molecule has 20 heavy (non-hydrogen) atoms. The summed E-state index contributed by atoms with van der Waals surface area (Å²) in [6, 6.07) is 9.50. The Morgan fingerprint density at radius 3 is 2.75 bits per heavy atom. The van der Waals surface area contributed by atoms with Crippen molar-refractivity contribution in [2.75, 3.05) is 27.2 Å². The van der Waals surface area contributed by atoms with Gasteiger partial charge in [0.2, 0.25) is 0 Å². The van der Waals surface area contributed by atoms with Gasteiger partial charge in [-0.1, -0.05) is 38.1 Å². The Kier molecular flexibility index (Phi) is 5.58. The topological polar surface area (TPSA) is 24.5 Å². The highest BCUT2D eigenvalue weighted by Crippen LogP contribution is 2.24. The minimum absolute atomic E-state index is 0.328. The van der Waals surface area contributed by atoms with Gasteiger partial charge < -0.3 is 15.0 Å². The van der Waals surface area contributed by atoms with E-state index >= 15 is 0 Å². The van der Waals surface area contributed by atoms with Crippen LogP contribution in [0, 0.1) is 5.92 Å². The third-order valence-electron chi connectivity index (χ3n) is 4.05. The number of nitrogens with one attached hydrogen (secondary N) is 1. The first-order valence-electron chi connectivity index (χ1n) is 7.63. The van der Waals surface area contributed by atoms with Crippen LogP contribution in [0.4, 0.5) is 0 Å². The number of nitrogens with zero attached hydrogens (tertiary/aromatic N) is 1. The molecule has 3 heteroatoms. The SMILES string of the molecule is CC(C)CC(CNC1COCc2ccccc21)N(C)C. The third-order valence-corrected chi connectivity index (χ3v) is 4.05. The lowest BCUT2D eigenvalue weighted by atomic mass is 9.98. The Hall–Kier alpha value is -0.900. The average Bonchev–Trinajstić information content (AvgIpc) is 2.42. The first-order valence-corrected chi connectivity index (χ1v) is 7.63. The smallest absolute Gasteiger partial charge is 0.0721 e. The number of likely N-dealkylation sites (N-methyl/N-ethyl adjacent to an activating group) is 1. The van der Waals surface area contributed by atoms with Crippen molar-refractivity contribution in [3.63, 3.8) is 0 Å². The molecule has 0 bridgehead atoms. The van der Waals surface area contributed by atoms with Gasteiger partial charge in [-0.05, 0) is 37.6 Å². The van der Waals surface area contributed by atoms with Crippen LogP contribution in [-0.2, 0) is 11.3 Å². The van der Waals surface area contributed by atoms with E-state index in [4.69, 9.17) is 4.74 Å². The third kappa shape index (κ3) is 4.05. The normalized spacial score (nSPS) is 20.2. The van der Waals surface area contributed by atoms with Crippen LogP contribution in [0.15, 0.2) is 24.3 Å². The molecule has 3 nitrogen and oxygen atoms in total. The van der Waals surface area contributed by atoms with E-state index < -0.39 is 0 Å². The van der Waals surface area contributed by atoms with Gasteiger partial charge in [0.1, 0.15) is 0 Å². The Labute approximate surface area is 123 Å². The lowest BCUT2D eigenvalue weighted by molar-refractivity contribution is 0.0792. The van der Waals surface area contributed by atoms with Gasteiger partial charge in [-0.3, -0.25) is 0 Å². The first kappa shape index (κ1) is 15.5. The van der Waals surface area contributed by atoms with Crippen LogP contribution >= 0.6 is 0 Å². The molecule has 0 saturated heterocycles. The summed E-state index contributed by atoms with van der Waals surface area (Å²) in [5.41, 5.74) is 2.72. The van der Waals surface area contributed by atoms with E-state index in [2.05, 4.69) is 62.4 Å². The Morgan fingerprint density at radius 1 is 1.30 bits per heavy atom. The molecular weight excluding hydrogens is 248 g/mol. The predicted molar refractivity (Wildman–Crippen MR) is 83.8 cm³/mol. The van der Waals surface area contributed by atoms with Crippen LogP contribution in [0.1, 0.15) is 37.4 Å². The van der Waals surface area contributed by atoms with Crippen LogP contribution in [0.5, 0.6) is 0 Å². The summed E-state index contributed by atoms with van der Waals surface area (Å²) in [7, 11) is 4.33. The Bertz CT molecular complexity index is 417. The fourth-order valence-electron chi connectivity index (χ4n) is 2.85. The lowest BCUT2D eigenvalue weighted by Gasteiger charge is -2.31. The zero-order valence-electron chi connectivity index (χ0n) is 13.2. The molecule has 1 aromatic rings. The van der Waals surface area contributed by atoms with Crippen molar-refractivity contribution < 1.29 is 4.74 Å². The molecule has 2 rings (SSSR count). The van der Waals surface area contributed by atoms with Crippen molar-refractivity contribution >= 4 is 0 Å². The first-order chi connectivity index (χ1) is 9.58. The van der Waals surface area contributed by atoms with Crippen molar-refractivity contribution in [3.8, 4) is 0 Å². The van der Waals surface area contributed by atoms with Crippen molar-refractivity contribution in [2.24, 2.45) is 5.92 Å². The van der Waals surface area contributed by atoms with Gasteiger partial charge in [-0.2, -0.15) is 0 Å². The summed E-state index contributed by atoms with van der Waals surface area (Å²) in [5, 5.41) is 3.70. The number of rotatable bonds is 6. The second-order valence-corrected chi connectivity index (χ2v) is 6.42. The van der Waals surface area contributed by atoms with E-state index in [1.165, 1.54) is 17.5 Å². The number of ether oxygens (including phenoxy) is 1. The summed E-state index contributed by atoms with van der Waals surface area (Å²) >= 11 is 0. The second kappa shape index (κ2) is 7.21. The van der Waals surface area contributed by atoms with Gasteiger partial charge in [0.25, 0.3) is 0 Å². The van der Waals surface area contributed by atoms with E-state index in [0.29, 0.717) is 12.1 Å². The summed E-state index contributed by atoms with van der Waals surface area (Å²) < 4.78 is 5.71. The highest BCUT2D eigenvalue weighted by atomic mass is 16.5. The van der Waals surface area contributed by atoms with Gasteiger partial charge in [-0.15, -0.1) is 0 Å². The maximum Gasteiger partial charge on any atom is 0.0721 e. The number of hydrogen-bond donors (Lipinski definition) is 1. The Balaban J connectivity index is 1.97. The number of fused-ring (bicyclic) bond motifs is 1. The van der Waals surface area contributed by atoms with E-state index in [9.17, 15) is 0 Å². The zero-order chi connectivity index (χ0) is 14.5. The quantitative estimate of drug-likeness (QED) is 0.864.